The predicted octanol–water partition coefficient (Wildman–Crippen LogP) is 3.90. The van der Waals surface area contributed by atoms with Crippen molar-refractivity contribution in [3.05, 3.63) is 34.9 Å². The molecule has 0 saturated heterocycles. The highest BCUT2D eigenvalue weighted by atomic mass is 16.5. The fourth-order valence-corrected chi connectivity index (χ4v) is 2.30. The molecule has 110 valence electrons. The molecule has 0 bridgehead atoms. The molecule has 1 atom stereocenters. The Labute approximate surface area is 121 Å². The van der Waals surface area contributed by atoms with Crippen LogP contribution in [0.2, 0.25) is 0 Å². The first-order valence-corrected chi connectivity index (χ1v) is 7.15. The van der Waals surface area contributed by atoms with Gasteiger partial charge in [0.2, 0.25) is 0 Å². The van der Waals surface area contributed by atoms with Crippen molar-refractivity contribution in [3.8, 4) is 0 Å². The van der Waals surface area contributed by atoms with Crippen LogP contribution in [-0.4, -0.2) is 18.4 Å². The van der Waals surface area contributed by atoms with Crippen LogP contribution in [0, 0.1) is 0 Å². The maximum atomic E-state index is 11.2. The van der Waals surface area contributed by atoms with Crippen molar-refractivity contribution in [2.75, 3.05) is 0 Å². The number of allylic oxidation sites excluding steroid dienone is 4. The Balaban J connectivity index is 2.94. The van der Waals surface area contributed by atoms with Crippen LogP contribution in [0.4, 0.5) is 0 Å². The molecule has 1 aliphatic carbocycles. The van der Waals surface area contributed by atoms with E-state index in [4.69, 9.17) is 4.74 Å². The summed E-state index contributed by atoms with van der Waals surface area (Å²) in [6, 6.07) is 0. The summed E-state index contributed by atoms with van der Waals surface area (Å²) in [5.41, 5.74) is 3.25. The molecule has 3 heteroatoms. The molecule has 20 heavy (non-hydrogen) atoms. The zero-order valence-corrected chi connectivity index (χ0v) is 12.6. The van der Waals surface area contributed by atoms with Gasteiger partial charge >= 0.3 is 5.97 Å². The highest BCUT2D eigenvalue weighted by Gasteiger charge is 2.12. The predicted molar refractivity (Wildman–Crippen MR) is 80.3 cm³/mol. The molecule has 1 aliphatic rings. The average molecular weight is 276 g/mol. The summed E-state index contributed by atoms with van der Waals surface area (Å²) < 4.78 is 5.29. The smallest absolute Gasteiger partial charge is 0.303 e. The monoisotopic (exact) mass is 276 g/mol. The van der Waals surface area contributed by atoms with E-state index in [1.54, 1.807) is 6.08 Å². The molecule has 0 N–H and O–H groups in total. The van der Waals surface area contributed by atoms with Crippen molar-refractivity contribution in [3.63, 3.8) is 0 Å². The van der Waals surface area contributed by atoms with Crippen LogP contribution >= 0.6 is 0 Å². The average Bonchev–Trinajstić information content (AvgIpc) is 2.35. The SMILES string of the molecule is CC(=O)O[C@H]1/C=C(\C=O)CC/C=C(\C)CC/C=C(\C)C1. The first-order valence-electron chi connectivity index (χ1n) is 7.15. The number of hydrogen-bond donors (Lipinski definition) is 0. The van der Waals surface area contributed by atoms with Crippen molar-refractivity contribution in [1.29, 1.82) is 0 Å². The normalized spacial score (nSPS) is 29.4. The molecule has 0 aromatic heterocycles. The number of carbonyl (C=O) groups excluding carboxylic acids is 2. The molecular formula is C17H24O3. The van der Waals surface area contributed by atoms with Crippen LogP contribution in [0.25, 0.3) is 0 Å². The standard InChI is InChI=1S/C17H24O3/c1-13-6-4-8-14(2)10-17(20-15(3)19)11-16(12-18)9-5-7-13/h7-8,11-12,17H,4-6,9-10H2,1-3H3/b13-7+,14-8+,16-11-/t17-/m1/s1. The summed E-state index contributed by atoms with van der Waals surface area (Å²) in [6.07, 6.45) is 10.9. The summed E-state index contributed by atoms with van der Waals surface area (Å²) in [5, 5.41) is 0. The third-order valence-corrected chi connectivity index (χ3v) is 3.35. The maximum Gasteiger partial charge on any atom is 0.303 e. The second kappa shape index (κ2) is 8.51. The Bertz CT molecular complexity index is 441. The van der Waals surface area contributed by atoms with Crippen LogP contribution in [0.5, 0.6) is 0 Å². The maximum absolute atomic E-state index is 11.2. The van der Waals surface area contributed by atoms with Crippen molar-refractivity contribution >= 4 is 12.3 Å². The van der Waals surface area contributed by atoms with E-state index in [2.05, 4.69) is 19.1 Å². The fourth-order valence-electron chi connectivity index (χ4n) is 2.30. The fraction of sp³-hybridized carbons (Fsp3) is 0.529. The van der Waals surface area contributed by atoms with Crippen LogP contribution in [0.1, 0.15) is 52.9 Å². The second-order valence-electron chi connectivity index (χ2n) is 5.39. The molecule has 0 saturated carbocycles. The molecule has 0 aliphatic heterocycles. The molecule has 0 spiro atoms. The van der Waals surface area contributed by atoms with Gasteiger partial charge in [-0.2, -0.15) is 0 Å². The zero-order valence-electron chi connectivity index (χ0n) is 12.6. The van der Waals surface area contributed by atoms with Gasteiger partial charge in [-0.15, -0.1) is 0 Å². The number of aldehydes is 1. The molecule has 1 rings (SSSR count). The molecule has 0 fully saturated rings. The zero-order chi connectivity index (χ0) is 15.0. The van der Waals surface area contributed by atoms with Gasteiger partial charge in [-0.05, 0) is 51.2 Å². The Morgan fingerprint density at radius 3 is 2.50 bits per heavy atom. The third kappa shape index (κ3) is 6.50. The second-order valence-corrected chi connectivity index (χ2v) is 5.39. The van der Waals surface area contributed by atoms with E-state index in [1.165, 1.54) is 18.1 Å². The lowest BCUT2D eigenvalue weighted by Crippen LogP contribution is -2.15. The highest BCUT2D eigenvalue weighted by Crippen LogP contribution is 2.18. The van der Waals surface area contributed by atoms with Crippen molar-refractivity contribution in [2.24, 2.45) is 0 Å². The van der Waals surface area contributed by atoms with Gasteiger partial charge in [-0.3, -0.25) is 9.59 Å². The Morgan fingerprint density at radius 2 is 1.85 bits per heavy atom. The molecule has 0 radical (unpaired) electrons. The summed E-state index contributed by atoms with van der Waals surface area (Å²) in [7, 11) is 0. The van der Waals surface area contributed by atoms with E-state index >= 15 is 0 Å². The first-order chi connectivity index (χ1) is 9.51. The Morgan fingerprint density at radius 1 is 1.20 bits per heavy atom. The van der Waals surface area contributed by atoms with E-state index in [0.29, 0.717) is 18.4 Å². The third-order valence-electron chi connectivity index (χ3n) is 3.35. The quantitative estimate of drug-likeness (QED) is 0.436. The number of esters is 1. The van der Waals surface area contributed by atoms with Gasteiger partial charge in [0.1, 0.15) is 12.4 Å². The lowest BCUT2D eigenvalue weighted by molar-refractivity contribution is -0.144. The number of carbonyl (C=O) groups is 2. The van der Waals surface area contributed by atoms with Crippen molar-refractivity contribution < 1.29 is 14.3 Å². The number of hydrogen-bond acceptors (Lipinski definition) is 3. The molecule has 0 heterocycles. The lowest BCUT2D eigenvalue weighted by atomic mass is 10.00. The van der Waals surface area contributed by atoms with Crippen LogP contribution in [-0.2, 0) is 14.3 Å². The topological polar surface area (TPSA) is 43.4 Å². The first kappa shape index (κ1) is 16.4. The summed E-state index contributed by atoms with van der Waals surface area (Å²) in [6.45, 7) is 5.56. The van der Waals surface area contributed by atoms with Crippen molar-refractivity contribution in [1.82, 2.24) is 0 Å². The Kier molecular flexibility index (Phi) is 6.99. The highest BCUT2D eigenvalue weighted by molar-refractivity contribution is 5.73. The molecule has 0 aromatic rings. The van der Waals surface area contributed by atoms with Gasteiger partial charge < -0.3 is 4.74 Å². The largest absolute Gasteiger partial charge is 0.458 e. The van der Waals surface area contributed by atoms with Crippen molar-refractivity contribution in [2.45, 2.75) is 59.0 Å². The summed E-state index contributed by atoms with van der Waals surface area (Å²) in [5.74, 6) is -0.313. The van der Waals surface area contributed by atoms with E-state index in [0.717, 1.165) is 25.5 Å². The van der Waals surface area contributed by atoms with E-state index in [-0.39, 0.29) is 12.1 Å². The summed E-state index contributed by atoms with van der Waals surface area (Å²) in [4.78, 5) is 22.3. The van der Waals surface area contributed by atoms with Crippen LogP contribution in [0.15, 0.2) is 34.9 Å². The van der Waals surface area contributed by atoms with Gasteiger partial charge in [-0.1, -0.05) is 23.3 Å². The van der Waals surface area contributed by atoms with E-state index in [1.807, 2.05) is 6.92 Å². The van der Waals surface area contributed by atoms with Crippen LogP contribution in [0.3, 0.4) is 0 Å². The minimum absolute atomic E-state index is 0.313. The lowest BCUT2D eigenvalue weighted by Gasteiger charge is -2.15. The van der Waals surface area contributed by atoms with Gasteiger partial charge in [0.25, 0.3) is 0 Å². The molecule has 3 nitrogen and oxygen atoms in total. The van der Waals surface area contributed by atoms with E-state index in [9.17, 15) is 9.59 Å². The molecule has 0 amide bonds. The van der Waals surface area contributed by atoms with Crippen LogP contribution < -0.4 is 0 Å². The van der Waals surface area contributed by atoms with Gasteiger partial charge in [-0.25, -0.2) is 0 Å². The molecule has 0 unspecified atom stereocenters. The molecule has 0 aromatic carbocycles. The van der Waals surface area contributed by atoms with Gasteiger partial charge in [0, 0.05) is 13.3 Å². The van der Waals surface area contributed by atoms with E-state index < -0.39 is 0 Å². The molecular weight excluding hydrogens is 252 g/mol. The number of ether oxygens (including phenoxy) is 1. The summed E-state index contributed by atoms with van der Waals surface area (Å²) >= 11 is 0. The van der Waals surface area contributed by atoms with Gasteiger partial charge in [0.15, 0.2) is 0 Å². The minimum atomic E-state index is -0.339. The number of rotatable bonds is 2. The Hall–Kier alpha value is -1.64. The minimum Gasteiger partial charge on any atom is -0.458 e. The van der Waals surface area contributed by atoms with Gasteiger partial charge in [0.05, 0.1) is 0 Å².